The summed E-state index contributed by atoms with van der Waals surface area (Å²) >= 11 is 0. The molecule has 1 saturated heterocycles. The summed E-state index contributed by atoms with van der Waals surface area (Å²) in [5.74, 6) is -0.806. The number of hydrogen-bond donors (Lipinski definition) is 7. The van der Waals surface area contributed by atoms with E-state index in [2.05, 4.69) is 46.5 Å². The maximum absolute atomic E-state index is 12.5. The molecule has 3 aromatic carbocycles. The predicted octanol–water partition coefficient (Wildman–Crippen LogP) is 6.21. The molecule has 10 rings (SSSR count). The smallest absolute Gasteiger partial charge is 0.331 e. The first-order valence-electron chi connectivity index (χ1n) is 25.5. The number of nitrogens with zero attached hydrogens (tertiary/aromatic N) is 4. The molecule has 4 heterocycles. The van der Waals surface area contributed by atoms with Crippen molar-refractivity contribution in [3.63, 3.8) is 0 Å². The van der Waals surface area contributed by atoms with Gasteiger partial charge in [0, 0.05) is 47.3 Å². The molecule has 3 aliphatic carbocycles. The lowest BCUT2D eigenvalue weighted by Gasteiger charge is -2.23. The van der Waals surface area contributed by atoms with Gasteiger partial charge in [0.1, 0.15) is 11.1 Å². The van der Waals surface area contributed by atoms with E-state index in [-0.39, 0.29) is 22.6 Å². The Hall–Kier alpha value is -8.22. The number of carbonyl (C=O) groups excluding carboxylic acids is 4. The molecular weight excluding hydrogens is 955 g/mol. The van der Waals surface area contributed by atoms with Gasteiger partial charge in [0.25, 0.3) is 22.6 Å². The molecule has 1 fully saturated rings. The van der Waals surface area contributed by atoms with E-state index < -0.39 is 29.1 Å². The Balaban J connectivity index is 0.000000153. The Morgan fingerprint density at radius 3 is 1.49 bits per heavy atom. The molecule has 0 spiro atoms. The van der Waals surface area contributed by atoms with Gasteiger partial charge in [-0.15, -0.1) is 0 Å². The molecule has 0 bridgehead atoms. The number of urea groups is 2. The lowest BCUT2D eigenvalue weighted by molar-refractivity contribution is -0.146. The number of methoxy groups -OCH3 is 1. The lowest BCUT2D eigenvalue weighted by atomic mass is 9.90. The van der Waals surface area contributed by atoms with Gasteiger partial charge in [-0.05, 0) is 175 Å². The van der Waals surface area contributed by atoms with Crippen LogP contribution in [0.5, 0.6) is 0 Å². The van der Waals surface area contributed by atoms with Crippen LogP contribution in [0.4, 0.5) is 26.7 Å². The largest absolute Gasteiger partial charge is 0.467 e. The summed E-state index contributed by atoms with van der Waals surface area (Å²) in [4.78, 5) is 85.8. The van der Waals surface area contributed by atoms with Crippen molar-refractivity contribution in [1.82, 2.24) is 41.2 Å². The van der Waals surface area contributed by atoms with Crippen LogP contribution in [0.15, 0.2) is 87.2 Å². The molecule has 75 heavy (non-hydrogen) atoms. The zero-order chi connectivity index (χ0) is 53.4. The van der Waals surface area contributed by atoms with E-state index >= 15 is 0 Å². The average Bonchev–Trinajstić information content (AvgIpc) is 3.61. The second kappa shape index (κ2) is 22.9. The van der Waals surface area contributed by atoms with E-state index in [1.165, 1.54) is 12.0 Å². The first kappa shape index (κ1) is 53.1. The number of nitrogen functional groups attached to an aromatic ring is 1. The number of fused-ring (bicyclic) bond motifs is 3. The zero-order valence-corrected chi connectivity index (χ0v) is 43.2. The summed E-state index contributed by atoms with van der Waals surface area (Å²) in [5, 5.41) is 28.6. The van der Waals surface area contributed by atoms with Crippen molar-refractivity contribution in [2.24, 2.45) is 0 Å². The number of esters is 1. The number of imide groups is 1. The molecule has 392 valence electrons. The number of aromatic nitrogens is 6. The Kier molecular flexibility index (Phi) is 16.2. The number of rotatable bonds is 10. The average molecular weight is 1020 g/mol. The molecule has 3 aromatic heterocycles. The third-order valence-corrected chi connectivity index (χ3v) is 14.0. The minimum atomic E-state index is -1.14. The third kappa shape index (κ3) is 12.6. The van der Waals surface area contributed by atoms with E-state index in [1.807, 2.05) is 60.7 Å². The van der Waals surface area contributed by atoms with E-state index in [1.54, 1.807) is 39.8 Å². The summed E-state index contributed by atoms with van der Waals surface area (Å²) in [5.41, 5.74) is 17.0. The number of aromatic amines is 3. The molecule has 0 unspecified atom stereocenters. The van der Waals surface area contributed by atoms with Crippen LogP contribution in [0, 0.1) is 0 Å². The van der Waals surface area contributed by atoms with E-state index in [4.69, 9.17) is 10.5 Å². The van der Waals surface area contributed by atoms with Crippen LogP contribution >= 0.6 is 0 Å². The second-order valence-corrected chi connectivity index (χ2v) is 20.5. The predicted molar refractivity (Wildman–Crippen MR) is 285 cm³/mol. The standard InChI is InChI=1S/C21H26N4O4.C20H22N4O3.C15H17N3O/c1-21(2,19(27)29-3)23-20(28)22-14-8-6-7-13(11-14)12-17-15-9-4-5-10-16(15)18(26)25-24-17;1-20(2)18(26)24(19(27)21-20)13-7-5-6-12(10-13)11-16-14-8-3-4-9-15(14)17(25)23-22-16;16-11-5-3-4-10(8-11)9-14-12-6-1-2-7-13(12)15(19)18-17-14/h6-8,11H,4-5,9-10,12H2,1-3H3,(H,25,26)(H2,22,23,28);5-7,10H,3-4,8-9,11H2,1-2H3,(H,21,27)(H,23,25);3-5,8H,1-2,6-7,9,16H2,(H,18,19). The van der Waals surface area contributed by atoms with Crippen molar-refractivity contribution in [2.75, 3.05) is 23.1 Å². The maximum atomic E-state index is 12.5. The van der Waals surface area contributed by atoms with Crippen molar-refractivity contribution < 1.29 is 23.9 Å². The lowest BCUT2D eigenvalue weighted by Crippen LogP contribution is -2.51. The SMILES string of the molecule is CC1(C)NC(=O)N(c2cccc(Cc3n[nH]c(=O)c4c3CCCC4)c2)C1=O.COC(=O)C(C)(C)NC(=O)Nc1cccc(Cc2n[nH]c(=O)c3c2CCCC3)c1.Nc1cccc(Cc2n[nH]c(=O)c3c2CCCC3)c1. The third-order valence-electron chi connectivity index (χ3n) is 14.0. The fourth-order valence-corrected chi connectivity index (χ4v) is 10.2. The van der Waals surface area contributed by atoms with E-state index in [0.717, 1.165) is 156 Å². The highest BCUT2D eigenvalue weighted by atomic mass is 16.5. The van der Waals surface area contributed by atoms with Gasteiger partial charge in [0.2, 0.25) is 0 Å². The summed E-state index contributed by atoms with van der Waals surface area (Å²) < 4.78 is 4.69. The quantitative estimate of drug-likeness (QED) is 0.0458. The maximum Gasteiger partial charge on any atom is 0.331 e. The number of nitrogens with one attached hydrogen (secondary N) is 6. The van der Waals surface area contributed by atoms with Crippen molar-refractivity contribution in [1.29, 1.82) is 0 Å². The molecule has 1 aliphatic heterocycles. The molecular formula is C56H65N11O8. The molecule has 0 saturated carbocycles. The monoisotopic (exact) mass is 1020 g/mol. The fourth-order valence-electron chi connectivity index (χ4n) is 10.2. The van der Waals surface area contributed by atoms with Gasteiger partial charge >= 0.3 is 18.0 Å². The van der Waals surface area contributed by atoms with Crippen molar-refractivity contribution in [3.8, 4) is 0 Å². The van der Waals surface area contributed by atoms with Crippen molar-refractivity contribution in [2.45, 2.75) is 135 Å². The Bertz CT molecular complexity index is 3320. The van der Waals surface area contributed by atoms with Crippen LogP contribution in [-0.4, -0.2) is 72.7 Å². The summed E-state index contributed by atoms with van der Waals surface area (Å²) in [6, 6.07) is 21.7. The molecule has 19 nitrogen and oxygen atoms in total. The highest BCUT2D eigenvalue weighted by Gasteiger charge is 2.45. The summed E-state index contributed by atoms with van der Waals surface area (Å²) in [6.45, 7) is 6.51. The zero-order valence-electron chi connectivity index (χ0n) is 43.2. The number of benzene rings is 3. The van der Waals surface area contributed by atoms with Crippen LogP contribution in [0.3, 0.4) is 0 Å². The number of nitrogens with two attached hydrogens (primary N) is 1. The highest BCUT2D eigenvalue weighted by molar-refractivity contribution is 6.23. The van der Waals surface area contributed by atoms with Gasteiger partial charge in [-0.25, -0.2) is 34.6 Å². The van der Waals surface area contributed by atoms with E-state index in [0.29, 0.717) is 24.2 Å². The molecule has 19 heteroatoms. The Morgan fingerprint density at radius 1 is 0.627 bits per heavy atom. The number of carbonyl (C=O) groups is 4. The van der Waals surface area contributed by atoms with Crippen LogP contribution in [0.25, 0.3) is 0 Å². The number of H-pyrrole nitrogens is 3. The van der Waals surface area contributed by atoms with Gasteiger partial charge < -0.3 is 26.4 Å². The Morgan fingerprint density at radius 2 is 1.05 bits per heavy atom. The number of ether oxygens (including phenoxy) is 1. The van der Waals surface area contributed by atoms with Gasteiger partial charge in [-0.1, -0.05) is 36.4 Å². The van der Waals surface area contributed by atoms with E-state index in [9.17, 15) is 33.6 Å². The molecule has 0 atom stereocenters. The van der Waals surface area contributed by atoms with Gasteiger partial charge in [0.05, 0.1) is 29.9 Å². The normalized spacial score (nSPS) is 15.3. The fraction of sp³-hybridized carbons (Fsp3) is 0.393. The van der Waals surface area contributed by atoms with Crippen molar-refractivity contribution in [3.05, 3.63) is 171 Å². The van der Waals surface area contributed by atoms with Gasteiger partial charge in [-0.3, -0.25) is 19.2 Å². The molecule has 5 amide bonds. The van der Waals surface area contributed by atoms with Gasteiger partial charge in [-0.2, -0.15) is 15.3 Å². The molecule has 0 radical (unpaired) electrons. The van der Waals surface area contributed by atoms with Crippen molar-refractivity contribution >= 4 is 41.0 Å². The highest BCUT2D eigenvalue weighted by Crippen LogP contribution is 2.29. The van der Waals surface area contributed by atoms with Crippen LogP contribution < -0.4 is 43.3 Å². The minimum absolute atomic E-state index is 0.0222. The van der Waals surface area contributed by atoms with Crippen LogP contribution in [0.1, 0.15) is 133 Å². The molecule has 8 N–H and O–H groups in total. The molecule has 4 aliphatic rings. The number of anilines is 3. The topological polar surface area (TPSA) is 280 Å². The minimum Gasteiger partial charge on any atom is -0.467 e. The van der Waals surface area contributed by atoms with Crippen LogP contribution in [0.2, 0.25) is 0 Å². The van der Waals surface area contributed by atoms with Gasteiger partial charge in [0.15, 0.2) is 0 Å². The van der Waals surface area contributed by atoms with Crippen LogP contribution in [-0.2, 0) is 72.1 Å². The molecule has 6 aromatic rings. The Labute approximate surface area is 433 Å². The second-order valence-electron chi connectivity index (χ2n) is 20.5. The summed E-state index contributed by atoms with van der Waals surface area (Å²) in [6.07, 6.45) is 13.4. The summed E-state index contributed by atoms with van der Waals surface area (Å²) in [7, 11) is 1.27. The number of hydrogen-bond acceptors (Lipinski definition) is 12. The first-order valence-corrected chi connectivity index (χ1v) is 25.5. The number of amides is 5. The first-order chi connectivity index (χ1) is 35.9.